The highest BCUT2D eigenvalue weighted by Crippen LogP contribution is 2.26. The molecule has 0 saturated carbocycles. The van der Waals surface area contributed by atoms with Crippen LogP contribution in [-0.4, -0.2) is 6.54 Å². The van der Waals surface area contributed by atoms with E-state index in [0.717, 1.165) is 19.4 Å². The molecule has 1 N–H and O–H groups in total. The van der Waals surface area contributed by atoms with E-state index in [1.807, 2.05) is 6.92 Å². The van der Waals surface area contributed by atoms with Crippen LogP contribution in [0.1, 0.15) is 45.2 Å². The first-order chi connectivity index (χ1) is 8.04. The molecule has 1 aromatic carbocycles. The topological polar surface area (TPSA) is 12.0 Å². The van der Waals surface area contributed by atoms with Gasteiger partial charge in [-0.05, 0) is 43.5 Å². The average Bonchev–Trinajstić information content (AvgIpc) is 2.27. The van der Waals surface area contributed by atoms with Gasteiger partial charge in [0, 0.05) is 16.6 Å². The van der Waals surface area contributed by atoms with E-state index in [2.05, 4.69) is 19.2 Å². The van der Waals surface area contributed by atoms with Crippen molar-refractivity contribution in [2.75, 3.05) is 6.54 Å². The van der Waals surface area contributed by atoms with Crippen molar-refractivity contribution in [3.05, 3.63) is 34.6 Å². The summed E-state index contributed by atoms with van der Waals surface area (Å²) < 4.78 is 13.8. The van der Waals surface area contributed by atoms with Crippen molar-refractivity contribution in [3.63, 3.8) is 0 Å². The highest BCUT2D eigenvalue weighted by molar-refractivity contribution is 6.30. The van der Waals surface area contributed by atoms with E-state index in [1.54, 1.807) is 12.1 Å². The zero-order chi connectivity index (χ0) is 12.8. The molecule has 0 aliphatic rings. The predicted molar refractivity (Wildman–Crippen MR) is 71.9 cm³/mol. The van der Waals surface area contributed by atoms with Crippen LogP contribution in [0, 0.1) is 11.7 Å². The van der Waals surface area contributed by atoms with Crippen LogP contribution >= 0.6 is 11.6 Å². The molecule has 17 heavy (non-hydrogen) atoms. The first-order valence-corrected chi connectivity index (χ1v) is 6.60. The molecular weight excluding hydrogens is 237 g/mol. The summed E-state index contributed by atoms with van der Waals surface area (Å²) in [7, 11) is 0. The lowest BCUT2D eigenvalue weighted by atomic mass is 9.97. The maximum atomic E-state index is 13.8. The summed E-state index contributed by atoms with van der Waals surface area (Å²) in [6.45, 7) is 7.22. The van der Waals surface area contributed by atoms with Crippen LogP contribution in [-0.2, 0) is 0 Å². The Morgan fingerprint density at radius 3 is 2.59 bits per heavy atom. The molecule has 1 unspecified atom stereocenters. The zero-order valence-corrected chi connectivity index (χ0v) is 11.5. The number of nitrogens with one attached hydrogen (secondary N) is 1. The first kappa shape index (κ1) is 14.5. The van der Waals surface area contributed by atoms with Crippen molar-refractivity contribution in [1.82, 2.24) is 5.32 Å². The highest BCUT2D eigenvalue weighted by Gasteiger charge is 2.15. The van der Waals surface area contributed by atoms with Gasteiger partial charge in [0.25, 0.3) is 0 Å². The van der Waals surface area contributed by atoms with E-state index < -0.39 is 0 Å². The van der Waals surface area contributed by atoms with E-state index in [4.69, 9.17) is 11.6 Å². The van der Waals surface area contributed by atoms with Gasteiger partial charge < -0.3 is 5.32 Å². The molecule has 0 saturated heterocycles. The normalized spacial score (nSPS) is 13.1. The summed E-state index contributed by atoms with van der Waals surface area (Å²) in [6, 6.07) is 4.81. The third-order valence-corrected chi connectivity index (χ3v) is 3.05. The minimum Gasteiger partial charge on any atom is -0.310 e. The second-order valence-electron chi connectivity index (χ2n) is 4.75. The minimum atomic E-state index is -0.177. The number of benzene rings is 1. The molecule has 0 fully saturated rings. The fourth-order valence-electron chi connectivity index (χ4n) is 1.90. The van der Waals surface area contributed by atoms with Crippen molar-refractivity contribution in [1.29, 1.82) is 0 Å². The van der Waals surface area contributed by atoms with Crippen molar-refractivity contribution >= 4 is 11.6 Å². The molecule has 0 radical (unpaired) electrons. The summed E-state index contributed by atoms with van der Waals surface area (Å²) in [5, 5.41) is 3.92. The number of hydrogen-bond donors (Lipinski definition) is 1. The summed E-state index contributed by atoms with van der Waals surface area (Å²) in [6.07, 6.45) is 2.01. The number of hydrogen-bond acceptors (Lipinski definition) is 1. The highest BCUT2D eigenvalue weighted by atomic mass is 35.5. The fourth-order valence-corrected chi connectivity index (χ4v) is 2.08. The molecule has 0 bridgehead atoms. The van der Waals surface area contributed by atoms with Gasteiger partial charge in [-0.25, -0.2) is 4.39 Å². The molecule has 3 heteroatoms. The Bertz CT molecular complexity index is 352. The fraction of sp³-hybridized carbons (Fsp3) is 0.571. The molecule has 1 nitrogen and oxygen atoms in total. The quantitative estimate of drug-likeness (QED) is 0.787. The summed E-state index contributed by atoms with van der Waals surface area (Å²) in [4.78, 5) is 0. The summed E-state index contributed by atoms with van der Waals surface area (Å²) >= 11 is 5.93. The maximum Gasteiger partial charge on any atom is 0.128 e. The number of rotatable bonds is 6. The molecule has 96 valence electrons. The van der Waals surface area contributed by atoms with Crippen molar-refractivity contribution in [3.8, 4) is 0 Å². The lowest BCUT2D eigenvalue weighted by Gasteiger charge is -2.20. The summed E-state index contributed by atoms with van der Waals surface area (Å²) in [5.74, 6) is 0.447. The van der Waals surface area contributed by atoms with E-state index in [0.29, 0.717) is 16.5 Å². The monoisotopic (exact) mass is 257 g/mol. The van der Waals surface area contributed by atoms with Crippen LogP contribution in [0.3, 0.4) is 0 Å². The molecule has 0 aliphatic carbocycles. The maximum absolute atomic E-state index is 13.8. The molecule has 1 rings (SSSR count). The van der Waals surface area contributed by atoms with Gasteiger partial charge in [0.1, 0.15) is 5.82 Å². The summed E-state index contributed by atoms with van der Waals surface area (Å²) in [5.41, 5.74) is 0.681. The van der Waals surface area contributed by atoms with Crippen molar-refractivity contribution < 1.29 is 4.39 Å². The Kier molecular flexibility index (Phi) is 5.93. The Labute approximate surface area is 108 Å². The minimum absolute atomic E-state index is 0.0566. The molecule has 0 aliphatic heterocycles. The molecule has 0 spiro atoms. The van der Waals surface area contributed by atoms with Crippen LogP contribution in [0.2, 0.25) is 5.02 Å². The van der Waals surface area contributed by atoms with Crippen LogP contribution in [0.25, 0.3) is 0 Å². The van der Waals surface area contributed by atoms with Crippen LogP contribution in [0.4, 0.5) is 4.39 Å². The van der Waals surface area contributed by atoms with Gasteiger partial charge in [-0.15, -0.1) is 0 Å². The van der Waals surface area contributed by atoms with E-state index in [1.165, 1.54) is 6.07 Å². The lowest BCUT2D eigenvalue weighted by molar-refractivity contribution is 0.434. The van der Waals surface area contributed by atoms with E-state index in [9.17, 15) is 4.39 Å². The Balaban J connectivity index is 2.84. The lowest BCUT2D eigenvalue weighted by Crippen LogP contribution is -2.22. The SMILES string of the molecule is CCNC(CCC(C)C)c1cc(Cl)ccc1F. The van der Waals surface area contributed by atoms with Gasteiger partial charge in [0.05, 0.1) is 0 Å². The standard InChI is InChI=1S/C14H21ClFN/c1-4-17-14(8-5-10(2)3)12-9-11(15)6-7-13(12)16/h6-7,9-10,14,17H,4-5,8H2,1-3H3. The smallest absolute Gasteiger partial charge is 0.128 e. The molecule has 1 aromatic rings. The van der Waals surface area contributed by atoms with Gasteiger partial charge in [-0.3, -0.25) is 0 Å². The first-order valence-electron chi connectivity index (χ1n) is 6.23. The van der Waals surface area contributed by atoms with Crippen molar-refractivity contribution in [2.24, 2.45) is 5.92 Å². The van der Waals surface area contributed by atoms with E-state index in [-0.39, 0.29) is 11.9 Å². The second kappa shape index (κ2) is 6.97. The molecular formula is C14H21ClFN. The van der Waals surface area contributed by atoms with Crippen LogP contribution in [0.15, 0.2) is 18.2 Å². The molecule has 0 heterocycles. The predicted octanol–water partition coefficient (Wildman–Crippen LogP) is 4.57. The van der Waals surface area contributed by atoms with Gasteiger partial charge in [0.2, 0.25) is 0 Å². The largest absolute Gasteiger partial charge is 0.310 e. The molecule has 0 amide bonds. The zero-order valence-electron chi connectivity index (χ0n) is 10.8. The second-order valence-corrected chi connectivity index (χ2v) is 5.18. The Morgan fingerprint density at radius 2 is 2.00 bits per heavy atom. The third-order valence-electron chi connectivity index (χ3n) is 2.82. The third kappa shape index (κ3) is 4.64. The molecule has 1 atom stereocenters. The van der Waals surface area contributed by atoms with Gasteiger partial charge in [0.15, 0.2) is 0 Å². The van der Waals surface area contributed by atoms with Gasteiger partial charge in [-0.1, -0.05) is 32.4 Å². The number of halogens is 2. The average molecular weight is 258 g/mol. The molecule has 0 aromatic heterocycles. The van der Waals surface area contributed by atoms with Gasteiger partial charge in [-0.2, -0.15) is 0 Å². The Hall–Kier alpha value is -0.600. The van der Waals surface area contributed by atoms with Crippen LogP contribution < -0.4 is 5.32 Å². The Morgan fingerprint density at radius 1 is 1.29 bits per heavy atom. The van der Waals surface area contributed by atoms with Crippen molar-refractivity contribution in [2.45, 2.75) is 39.7 Å². The van der Waals surface area contributed by atoms with Gasteiger partial charge >= 0.3 is 0 Å². The van der Waals surface area contributed by atoms with E-state index >= 15 is 0 Å². The van der Waals surface area contributed by atoms with Crippen LogP contribution in [0.5, 0.6) is 0 Å².